The first-order valence-corrected chi connectivity index (χ1v) is 7.21. The van der Waals surface area contributed by atoms with Gasteiger partial charge in [0.25, 0.3) is 0 Å². The minimum absolute atomic E-state index is 0.216. The Labute approximate surface area is 134 Å². The predicted molar refractivity (Wildman–Crippen MR) is 85.1 cm³/mol. The van der Waals surface area contributed by atoms with Crippen molar-refractivity contribution in [3.63, 3.8) is 0 Å². The number of carboxylic acid groups (broad SMARTS) is 1. The summed E-state index contributed by atoms with van der Waals surface area (Å²) in [6.07, 6.45) is -2.91. The summed E-state index contributed by atoms with van der Waals surface area (Å²) >= 11 is 0. The van der Waals surface area contributed by atoms with E-state index in [9.17, 15) is 14.0 Å². The monoisotopic (exact) mass is 326 g/mol. The second-order valence-corrected chi connectivity index (χ2v) is 6.35. The average molecular weight is 326 g/mol. The molecule has 0 aromatic heterocycles. The van der Waals surface area contributed by atoms with Crippen LogP contribution >= 0.6 is 0 Å². The smallest absolute Gasteiger partial charge is 0.407 e. The molecule has 1 aromatic rings. The van der Waals surface area contributed by atoms with Crippen LogP contribution in [0.2, 0.25) is 0 Å². The first kappa shape index (κ1) is 18.7. The highest BCUT2D eigenvalue weighted by molar-refractivity contribution is 5.74. The van der Waals surface area contributed by atoms with E-state index in [1.165, 1.54) is 6.07 Å². The maximum atomic E-state index is 14.1. The number of alkyl halides is 1. The molecule has 1 amide bonds. The van der Waals surface area contributed by atoms with Crippen molar-refractivity contribution < 1.29 is 23.8 Å². The van der Waals surface area contributed by atoms with Crippen LogP contribution in [0.15, 0.2) is 18.2 Å². The Morgan fingerprint density at radius 2 is 2.00 bits per heavy atom. The topological polar surface area (TPSA) is 102 Å². The molecule has 1 aromatic carbocycles. The zero-order chi connectivity index (χ0) is 17.8. The summed E-state index contributed by atoms with van der Waals surface area (Å²) in [4.78, 5) is 22.7. The van der Waals surface area contributed by atoms with Gasteiger partial charge in [0.05, 0.1) is 0 Å². The van der Waals surface area contributed by atoms with Crippen molar-refractivity contribution in [2.75, 3.05) is 12.3 Å². The van der Waals surface area contributed by atoms with Gasteiger partial charge in [0.1, 0.15) is 5.60 Å². The summed E-state index contributed by atoms with van der Waals surface area (Å²) in [5.74, 6) is -2.66. The third kappa shape index (κ3) is 5.77. The fourth-order valence-electron chi connectivity index (χ4n) is 2.11. The lowest BCUT2D eigenvalue weighted by atomic mass is 9.90. The molecule has 23 heavy (non-hydrogen) atoms. The quantitative estimate of drug-likeness (QED) is 0.722. The number of anilines is 1. The highest BCUT2D eigenvalue weighted by Crippen LogP contribution is 2.27. The number of hydrogen-bond donors (Lipinski definition) is 3. The molecule has 1 rings (SSSR count). The zero-order valence-electron chi connectivity index (χ0n) is 13.7. The van der Waals surface area contributed by atoms with E-state index >= 15 is 0 Å². The first-order valence-electron chi connectivity index (χ1n) is 7.21. The lowest BCUT2D eigenvalue weighted by Gasteiger charge is -2.24. The number of hydrogen-bond acceptors (Lipinski definition) is 4. The minimum Gasteiger partial charge on any atom is -0.479 e. The van der Waals surface area contributed by atoms with E-state index in [0.717, 1.165) is 0 Å². The van der Waals surface area contributed by atoms with Crippen molar-refractivity contribution in [1.29, 1.82) is 0 Å². The highest BCUT2D eigenvalue weighted by Gasteiger charge is 2.31. The van der Waals surface area contributed by atoms with Crippen molar-refractivity contribution in [2.45, 2.75) is 45.4 Å². The van der Waals surface area contributed by atoms with Gasteiger partial charge < -0.3 is 20.9 Å². The zero-order valence-corrected chi connectivity index (χ0v) is 13.7. The van der Waals surface area contributed by atoms with Gasteiger partial charge >= 0.3 is 12.1 Å². The molecule has 0 saturated heterocycles. The maximum Gasteiger partial charge on any atom is 0.407 e. The molecule has 7 heteroatoms. The van der Waals surface area contributed by atoms with Gasteiger partial charge in [0, 0.05) is 18.2 Å². The number of alkyl carbamates (subject to hydrolysis) is 1. The second kappa shape index (κ2) is 7.30. The van der Waals surface area contributed by atoms with Crippen LogP contribution < -0.4 is 11.1 Å². The summed E-state index contributed by atoms with van der Waals surface area (Å²) in [7, 11) is 0. The van der Waals surface area contributed by atoms with Gasteiger partial charge in [-0.05, 0) is 51.0 Å². The molecule has 0 aliphatic rings. The van der Waals surface area contributed by atoms with Crippen LogP contribution in [0.5, 0.6) is 0 Å². The Morgan fingerprint density at radius 3 is 2.52 bits per heavy atom. The molecule has 2 unspecified atom stereocenters. The Kier molecular flexibility index (Phi) is 5.95. The number of benzene rings is 1. The fraction of sp³-hybridized carbons (Fsp3) is 0.500. The third-order valence-corrected chi connectivity index (χ3v) is 3.16. The lowest BCUT2D eigenvalue weighted by Crippen LogP contribution is -2.38. The molecule has 2 atom stereocenters. The number of aliphatic carboxylic acids is 1. The van der Waals surface area contributed by atoms with Crippen LogP contribution in [0.25, 0.3) is 0 Å². The highest BCUT2D eigenvalue weighted by atomic mass is 19.1. The van der Waals surface area contributed by atoms with Crippen molar-refractivity contribution >= 4 is 17.7 Å². The molecular weight excluding hydrogens is 303 g/mol. The molecule has 0 aliphatic carbocycles. The van der Waals surface area contributed by atoms with Crippen molar-refractivity contribution in [2.24, 2.45) is 0 Å². The standard InChI is InChI=1S/C16H23FN2O4/c1-9-5-6-10(18)7-11(9)12(13(17)14(20)21)8-19-15(22)23-16(2,3)4/h5-7,12-13H,8,18H2,1-4H3,(H,19,22)(H,20,21). The Morgan fingerprint density at radius 1 is 1.39 bits per heavy atom. The number of carbonyl (C=O) groups excluding carboxylic acids is 1. The lowest BCUT2D eigenvalue weighted by molar-refractivity contribution is -0.143. The van der Waals surface area contributed by atoms with Gasteiger partial charge in [-0.3, -0.25) is 0 Å². The van der Waals surface area contributed by atoms with Gasteiger partial charge in [-0.1, -0.05) is 6.07 Å². The molecule has 0 spiro atoms. The van der Waals surface area contributed by atoms with Crippen LogP contribution in [0.3, 0.4) is 0 Å². The molecular formula is C16H23FN2O4. The summed E-state index contributed by atoms with van der Waals surface area (Å²) in [5.41, 5.74) is 6.53. The molecule has 0 bridgehead atoms. The fourth-order valence-corrected chi connectivity index (χ4v) is 2.11. The number of carbonyl (C=O) groups is 2. The average Bonchev–Trinajstić information content (AvgIpc) is 2.40. The first-order chi connectivity index (χ1) is 10.5. The minimum atomic E-state index is -2.18. The van der Waals surface area contributed by atoms with Gasteiger partial charge in [-0.25, -0.2) is 14.0 Å². The molecule has 0 fully saturated rings. The van der Waals surface area contributed by atoms with Crippen LogP contribution in [0, 0.1) is 6.92 Å². The summed E-state index contributed by atoms with van der Waals surface area (Å²) < 4.78 is 19.2. The number of carboxylic acids is 1. The molecule has 6 nitrogen and oxygen atoms in total. The van der Waals surface area contributed by atoms with Gasteiger partial charge in [0.15, 0.2) is 0 Å². The molecule has 0 heterocycles. The molecule has 0 saturated carbocycles. The van der Waals surface area contributed by atoms with E-state index in [2.05, 4.69) is 5.32 Å². The van der Waals surface area contributed by atoms with Crippen molar-refractivity contribution in [3.05, 3.63) is 29.3 Å². The van der Waals surface area contributed by atoms with Crippen LogP contribution in [-0.4, -0.2) is 35.5 Å². The SMILES string of the molecule is Cc1ccc(N)cc1C(CNC(=O)OC(C)(C)C)C(F)C(=O)O. The summed E-state index contributed by atoms with van der Waals surface area (Å²) in [6, 6.07) is 4.84. The number of nitrogens with one attached hydrogen (secondary N) is 1. The largest absolute Gasteiger partial charge is 0.479 e. The maximum absolute atomic E-state index is 14.1. The molecule has 4 N–H and O–H groups in total. The third-order valence-electron chi connectivity index (χ3n) is 3.16. The molecule has 128 valence electrons. The van der Waals surface area contributed by atoms with E-state index in [4.69, 9.17) is 15.6 Å². The number of rotatable bonds is 5. The summed E-state index contributed by atoms with van der Waals surface area (Å²) in [5, 5.41) is 11.4. The predicted octanol–water partition coefficient (Wildman–Crippen LogP) is 2.61. The Balaban J connectivity index is 2.96. The van der Waals surface area contributed by atoms with E-state index in [1.54, 1.807) is 39.8 Å². The normalized spacial score (nSPS) is 14.0. The van der Waals surface area contributed by atoms with Crippen molar-refractivity contribution in [1.82, 2.24) is 5.32 Å². The second-order valence-electron chi connectivity index (χ2n) is 6.35. The number of halogens is 1. The van der Waals surface area contributed by atoms with Gasteiger partial charge in [-0.2, -0.15) is 0 Å². The van der Waals surface area contributed by atoms with E-state index < -0.39 is 29.8 Å². The van der Waals surface area contributed by atoms with Crippen LogP contribution in [-0.2, 0) is 9.53 Å². The number of nitrogen functional groups attached to an aromatic ring is 1. The molecule has 0 radical (unpaired) electrons. The number of amides is 1. The van der Waals surface area contributed by atoms with E-state index in [-0.39, 0.29) is 6.54 Å². The van der Waals surface area contributed by atoms with E-state index in [0.29, 0.717) is 16.8 Å². The van der Waals surface area contributed by atoms with Gasteiger partial charge in [-0.15, -0.1) is 0 Å². The number of nitrogens with two attached hydrogens (primary N) is 1. The van der Waals surface area contributed by atoms with Gasteiger partial charge in [0.2, 0.25) is 6.17 Å². The summed E-state index contributed by atoms with van der Waals surface area (Å²) in [6.45, 7) is 6.60. The van der Waals surface area contributed by atoms with Crippen LogP contribution in [0.4, 0.5) is 14.9 Å². The van der Waals surface area contributed by atoms with Crippen molar-refractivity contribution in [3.8, 4) is 0 Å². The Hall–Kier alpha value is -2.31. The Bertz CT molecular complexity index is 584. The van der Waals surface area contributed by atoms with E-state index in [1.807, 2.05) is 0 Å². The number of aryl methyl sites for hydroxylation is 1. The van der Waals surface area contributed by atoms with Crippen LogP contribution in [0.1, 0.15) is 37.8 Å². The molecule has 0 aliphatic heterocycles. The number of ether oxygens (including phenoxy) is 1.